The second-order valence-corrected chi connectivity index (χ2v) is 12.8. The van der Waals surface area contributed by atoms with Crippen LogP contribution in [0.1, 0.15) is 0 Å². The van der Waals surface area contributed by atoms with Crippen molar-refractivity contribution in [3.63, 3.8) is 0 Å². The summed E-state index contributed by atoms with van der Waals surface area (Å²) >= 11 is 0. The first-order valence-corrected chi connectivity index (χ1v) is 17.2. The number of nitrogens with zero attached hydrogens (tertiary/aromatic N) is 3. The van der Waals surface area contributed by atoms with E-state index in [-0.39, 0.29) is 0 Å². The van der Waals surface area contributed by atoms with E-state index in [1.54, 1.807) is 0 Å². The molecule has 10 aromatic rings. The molecule has 0 saturated heterocycles. The molecule has 0 saturated carbocycles. The van der Waals surface area contributed by atoms with Gasteiger partial charge in [0.1, 0.15) is 5.52 Å². The summed E-state index contributed by atoms with van der Waals surface area (Å²) in [5.41, 5.74) is 11.2. The molecule has 51 heavy (non-hydrogen) atoms. The van der Waals surface area contributed by atoms with Crippen LogP contribution in [0.4, 0.5) is 17.1 Å². The molecule has 2 heterocycles. The van der Waals surface area contributed by atoms with Crippen molar-refractivity contribution in [2.24, 2.45) is 0 Å². The third-order valence-corrected chi connectivity index (χ3v) is 9.79. The second kappa shape index (κ2) is 11.9. The number of aromatic nitrogens is 2. The third kappa shape index (κ3) is 4.72. The van der Waals surface area contributed by atoms with Gasteiger partial charge in [0.05, 0.1) is 28.1 Å². The first-order chi connectivity index (χ1) is 25.3. The highest BCUT2D eigenvalue weighted by atomic mass is 16.3. The lowest BCUT2D eigenvalue weighted by Crippen LogP contribution is -2.12. The maximum atomic E-state index is 6.73. The van der Waals surface area contributed by atoms with E-state index < -0.39 is 0 Å². The molecule has 0 N–H and O–H groups in total. The van der Waals surface area contributed by atoms with Crippen LogP contribution in [-0.4, -0.2) is 9.55 Å². The minimum Gasteiger partial charge on any atom is -0.434 e. The average molecular weight is 654 g/mol. The number of para-hydroxylation sites is 4. The van der Waals surface area contributed by atoms with Gasteiger partial charge in [-0.2, -0.15) is 0 Å². The summed E-state index contributed by atoms with van der Waals surface area (Å²) in [5.74, 6) is 0.598. The largest absolute Gasteiger partial charge is 0.434 e. The Hall–Kier alpha value is -6.91. The number of hydrogen-bond acceptors (Lipinski definition) is 3. The molecule has 8 aromatic carbocycles. The fourth-order valence-electron chi connectivity index (χ4n) is 7.57. The minimum absolute atomic E-state index is 0.598. The number of benzene rings is 8. The molecule has 0 atom stereocenters. The summed E-state index contributed by atoms with van der Waals surface area (Å²) in [7, 11) is 0. The maximum Gasteiger partial charge on any atom is 0.227 e. The molecule has 10 rings (SSSR count). The van der Waals surface area contributed by atoms with E-state index in [2.05, 4.69) is 161 Å². The van der Waals surface area contributed by atoms with E-state index in [9.17, 15) is 0 Å². The molecule has 0 spiro atoms. The van der Waals surface area contributed by atoms with Crippen molar-refractivity contribution >= 4 is 60.7 Å². The topological polar surface area (TPSA) is 34.2 Å². The van der Waals surface area contributed by atoms with Crippen LogP contribution in [0, 0.1) is 0 Å². The SMILES string of the molecule is c1ccc(-c2nc3cccc(N(c4ccccc4-c4ccccc4)c4cc5c6ccccc6n(-c6ccccc6)c5c5ccccc45)c3o2)cc1. The predicted octanol–water partition coefficient (Wildman–Crippen LogP) is 12.9. The van der Waals surface area contributed by atoms with Crippen LogP contribution in [0.25, 0.3) is 71.9 Å². The lowest BCUT2D eigenvalue weighted by atomic mass is 9.99. The van der Waals surface area contributed by atoms with Crippen LogP contribution >= 0.6 is 0 Å². The van der Waals surface area contributed by atoms with Crippen molar-refractivity contribution in [2.45, 2.75) is 0 Å². The van der Waals surface area contributed by atoms with Gasteiger partial charge in [-0.1, -0.05) is 133 Å². The van der Waals surface area contributed by atoms with Crippen molar-refractivity contribution < 1.29 is 4.42 Å². The lowest BCUT2D eigenvalue weighted by Gasteiger charge is -2.29. The third-order valence-electron chi connectivity index (χ3n) is 9.79. The van der Waals surface area contributed by atoms with Crippen molar-refractivity contribution in [3.05, 3.63) is 188 Å². The normalized spacial score (nSPS) is 11.5. The van der Waals surface area contributed by atoms with Gasteiger partial charge in [-0.25, -0.2) is 4.98 Å². The Labute approximate surface area is 295 Å². The van der Waals surface area contributed by atoms with Gasteiger partial charge in [0.15, 0.2) is 5.58 Å². The lowest BCUT2D eigenvalue weighted by molar-refractivity contribution is 0.620. The van der Waals surface area contributed by atoms with E-state index in [1.807, 2.05) is 36.4 Å². The van der Waals surface area contributed by atoms with Gasteiger partial charge in [0.25, 0.3) is 0 Å². The summed E-state index contributed by atoms with van der Waals surface area (Å²) in [6.45, 7) is 0. The van der Waals surface area contributed by atoms with Crippen molar-refractivity contribution in [1.29, 1.82) is 0 Å². The zero-order valence-corrected chi connectivity index (χ0v) is 27.6. The molecule has 4 heteroatoms. The number of rotatable bonds is 6. The van der Waals surface area contributed by atoms with Gasteiger partial charge >= 0.3 is 0 Å². The monoisotopic (exact) mass is 653 g/mol. The summed E-state index contributed by atoms with van der Waals surface area (Å²) in [6.07, 6.45) is 0. The highest BCUT2D eigenvalue weighted by Gasteiger charge is 2.26. The zero-order chi connectivity index (χ0) is 33.7. The number of anilines is 3. The molecule has 240 valence electrons. The summed E-state index contributed by atoms with van der Waals surface area (Å²) in [5, 5.41) is 4.68. The molecule has 0 aliphatic rings. The van der Waals surface area contributed by atoms with Crippen molar-refractivity contribution in [2.75, 3.05) is 4.90 Å². The Bertz CT molecular complexity index is 2850. The van der Waals surface area contributed by atoms with E-state index >= 15 is 0 Å². The fourth-order valence-corrected chi connectivity index (χ4v) is 7.57. The highest BCUT2D eigenvalue weighted by Crippen LogP contribution is 2.49. The van der Waals surface area contributed by atoms with Crippen molar-refractivity contribution in [1.82, 2.24) is 9.55 Å². The standard InChI is InChI=1S/C47H31N3O/c1-4-17-32(18-5-1)35-23-12-14-28-41(35)50(43-30-16-27-40-46(43)51-47(48-40)33-19-6-2-7-20-33)44-31-39-37-25-13-15-29-42(37)49(34-21-8-3-9-22-34)45(39)38-26-11-10-24-36(38)44/h1-31H. The van der Waals surface area contributed by atoms with E-state index in [0.29, 0.717) is 5.89 Å². The van der Waals surface area contributed by atoms with Gasteiger partial charge in [-0.15, -0.1) is 0 Å². The molecular formula is C47H31N3O. The smallest absolute Gasteiger partial charge is 0.227 e. The van der Waals surface area contributed by atoms with Gasteiger partial charge in [0.2, 0.25) is 5.89 Å². The molecular weight excluding hydrogens is 623 g/mol. The van der Waals surface area contributed by atoms with Gasteiger partial charge < -0.3 is 13.9 Å². The van der Waals surface area contributed by atoms with E-state index in [1.165, 1.54) is 27.2 Å². The van der Waals surface area contributed by atoms with Crippen LogP contribution < -0.4 is 4.90 Å². The quantitative estimate of drug-likeness (QED) is 0.179. The number of fused-ring (bicyclic) bond motifs is 6. The van der Waals surface area contributed by atoms with Crippen molar-refractivity contribution in [3.8, 4) is 28.3 Å². The van der Waals surface area contributed by atoms with Crippen LogP contribution in [0.2, 0.25) is 0 Å². The molecule has 0 fully saturated rings. The van der Waals surface area contributed by atoms with Crippen LogP contribution in [0.15, 0.2) is 192 Å². The summed E-state index contributed by atoms with van der Waals surface area (Å²) in [6, 6.07) is 66.2. The predicted molar refractivity (Wildman–Crippen MR) is 211 cm³/mol. The second-order valence-electron chi connectivity index (χ2n) is 12.8. The van der Waals surface area contributed by atoms with E-state index in [0.717, 1.165) is 55.9 Å². The summed E-state index contributed by atoms with van der Waals surface area (Å²) in [4.78, 5) is 7.36. The van der Waals surface area contributed by atoms with Gasteiger partial charge in [-0.3, -0.25) is 0 Å². The zero-order valence-electron chi connectivity index (χ0n) is 27.6. The minimum atomic E-state index is 0.598. The van der Waals surface area contributed by atoms with E-state index in [4.69, 9.17) is 9.40 Å². The number of hydrogen-bond donors (Lipinski definition) is 0. The first-order valence-electron chi connectivity index (χ1n) is 17.2. The fraction of sp³-hybridized carbons (Fsp3) is 0. The average Bonchev–Trinajstić information content (AvgIpc) is 3.80. The Kier molecular flexibility index (Phi) is 6.78. The molecule has 0 aliphatic carbocycles. The van der Waals surface area contributed by atoms with Crippen LogP contribution in [-0.2, 0) is 0 Å². The van der Waals surface area contributed by atoms with Crippen LogP contribution in [0.5, 0.6) is 0 Å². The molecule has 0 unspecified atom stereocenters. The molecule has 0 bridgehead atoms. The maximum absolute atomic E-state index is 6.73. The molecule has 0 radical (unpaired) electrons. The van der Waals surface area contributed by atoms with Gasteiger partial charge in [0, 0.05) is 38.4 Å². The molecule has 4 nitrogen and oxygen atoms in total. The summed E-state index contributed by atoms with van der Waals surface area (Å²) < 4.78 is 9.13. The Balaban J connectivity index is 1.34. The Morgan fingerprint density at radius 1 is 0.451 bits per heavy atom. The first kappa shape index (κ1) is 29.0. The molecule has 2 aromatic heterocycles. The highest BCUT2D eigenvalue weighted by molar-refractivity contribution is 6.23. The number of oxazole rings is 1. The molecule has 0 aliphatic heterocycles. The Morgan fingerprint density at radius 3 is 1.84 bits per heavy atom. The Morgan fingerprint density at radius 2 is 1.06 bits per heavy atom. The molecule has 0 amide bonds. The van der Waals surface area contributed by atoms with Gasteiger partial charge in [-0.05, 0) is 60.2 Å². The van der Waals surface area contributed by atoms with Crippen LogP contribution in [0.3, 0.4) is 0 Å².